The lowest BCUT2D eigenvalue weighted by Crippen LogP contribution is -2.14. The number of aliphatic imine (C=N–C) groups is 1. The molecule has 0 bridgehead atoms. The molecule has 2 aromatic rings. The van der Waals surface area contributed by atoms with E-state index in [1.165, 1.54) is 5.57 Å². The number of carbonyl (C=O) groups is 1. The fourth-order valence-electron chi connectivity index (χ4n) is 2.96. The Morgan fingerprint density at radius 2 is 1.96 bits per heavy atom. The maximum atomic E-state index is 11.9. The summed E-state index contributed by atoms with van der Waals surface area (Å²) in [5, 5.41) is 3.52. The molecule has 0 aliphatic heterocycles. The summed E-state index contributed by atoms with van der Waals surface area (Å²) >= 11 is 5.97. The van der Waals surface area contributed by atoms with Crippen molar-refractivity contribution in [2.45, 2.75) is 32.6 Å². The zero-order valence-corrected chi connectivity index (χ0v) is 16.1. The van der Waals surface area contributed by atoms with Crippen molar-refractivity contribution in [2.75, 3.05) is 11.9 Å². The van der Waals surface area contributed by atoms with Gasteiger partial charge in [0.15, 0.2) is 0 Å². The van der Waals surface area contributed by atoms with Gasteiger partial charge in [0.2, 0.25) is 0 Å². The van der Waals surface area contributed by atoms with Crippen LogP contribution in [0.1, 0.15) is 38.2 Å². The van der Waals surface area contributed by atoms with E-state index in [1.807, 2.05) is 55.5 Å². The smallest absolute Gasteiger partial charge is 0.411 e. The summed E-state index contributed by atoms with van der Waals surface area (Å²) < 4.78 is 5.11. The van der Waals surface area contributed by atoms with E-state index >= 15 is 0 Å². The van der Waals surface area contributed by atoms with E-state index in [4.69, 9.17) is 21.3 Å². The molecular weight excluding hydrogens is 360 g/mol. The highest BCUT2D eigenvalue weighted by Crippen LogP contribution is 2.31. The second kappa shape index (κ2) is 9.38. The molecule has 27 heavy (non-hydrogen) atoms. The van der Waals surface area contributed by atoms with Gasteiger partial charge < -0.3 is 4.74 Å². The Morgan fingerprint density at radius 3 is 2.74 bits per heavy atom. The maximum Gasteiger partial charge on any atom is 0.411 e. The average molecular weight is 383 g/mol. The van der Waals surface area contributed by atoms with Crippen LogP contribution in [0, 0.1) is 0 Å². The Morgan fingerprint density at radius 1 is 1.19 bits per heavy atom. The van der Waals surface area contributed by atoms with Gasteiger partial charge in [0, 0.05) is 10.7 Å². The van der Waals surface area contributed by atoms with E-state index in [0.29, 0.717) is 12.3 Å². The average Bonchev–Trinajstić information content (AvgIpc) is 3.10. The van der Waals surface area contributed by atoms with Crippen molar-refractivity contribution in [1.29, 1.82) is 0 Å². The van der Waals surface area contributed by atoms with Crippen LogP contribution >= 0.6 is 11.6 Å². The number of halogens is 1. The molecule has 0 heterocycles. The van der Waals surface area contributed by atoms with E-state index in [1.54, 1.807) is 0 Å². The third-order valence-corrected chi connectivity index (χ3v) is 4.53. The van der Waals surface area contributed by atoms with Gasteiger partial charge in [0.25, 0.3) is 0 Å². The number of hydrogen-bond donors (Lipinski definition) is 1. The number of rotatable bonds is 5. The predicted octanol–water partition coefficient (Wildman–Crippen LogP) is 6.64. The highest BCUT2D eigenvalue weighted by atomic mass is 35.5. The van der Waals surface area contributed by atoms with Gasteiger partial charge in [0.05, 0.1) is 18.0 Å². The molecule has 5 heteroatoms. The Kier molecular flexibility index (Phi) is 6.66. The minimum Gasteiger partial charge on any atom is -0.449 e. The predicted molar refractivity (Wildman–Crippen MR) is 112 cm³/mol. The number of nitrogens with one attached hydrogen (secondary N) is 1. The van der Waals surface area contributed by atoms with Gasteiger partial charge in [-0.3, -0.25) is 10.3 Å². The summed E-state index contributed by atoms with van der Waals surface area (Å²) in [6.45, 7) is 2.36. The van der Waals surface area contributed by atoms with Crippen molar-refractivity contribution in [3.8, 4) is 0 Å². The van der Waals surface area contributed by atoms with Gasteiger partial charge >= 0.3 is 6.09 Å². The fourth-order valence-corrected chi connectivity index (χ4v) is 3.08. The highest BCUT2D eigenvalue weighted by Gasteiger charge is 2.16. The van der Waals surface area contributed by atoms with Gasteiger partial charge in [-0.15, -0.1) is 0 Å². The van der Waals surface area contributed by atoms with Crippen molar-refractivity contribution >= 4 is 40.9 Å². The summed E-state index contributed by atoms with van der Waals surface area (Å²) in [6, 6.07) is 15.3. The Hall–Kier alpha value is -2.59. The van der Waals surface area contributed by atoms with Crippen molar-refractivity contribution in [3.63, 3.8) is 0 Å². The molecule has 0 atom stereocenters. The number of allylic oxidation sites excluding steroid dienone is 1. The van der Waals surface area contributed by atoms with Crippen molar-refractivity contribution in [2.24, 2.45) is 4.99 Å². The van der Waals surface area contributed by atoms with Gasteiger partial charge in [-0.2, -0.15) is 0 Å². The van der Waals surface area contributed by atoms with Crippen molar-refractivity contribution in [3.05, 3.63) is 64.7 Å². The van der Waals surface area contributed by atoms with Gasteiger partial charge in [-0.25, -0.2) is 4.79 Å². The number of nitrogens with zero attached hydrogens (tertiary/aromatic N) is 1. The van der Waals surface area contributed by atoms with E-state index < -0.39 is 6.09 Å². The van der Waals surface area contributed by atoms with Crippen molar-refractivity contribution in [1.82, 2.24) is 0 Å². The van der Waals surface area contributed by atoms with Crippen LogP contribution in [0.15, 0.2) is 59.1 Å². The molecular formula is C22H23ClN2O2. The quantitative estimate of drug-likeness (QED) is 0.630. The zero-order valence-electron chi connectivity index (χ0n) is 15.4. The van der Waals surface area contributed by atoms with Crippen LogP contribution in [0.5, 0.6) is 0 Å². The molecule has 4 nitrogen and oxygen atoms in total. The van der Waals surface area contributed by atoms with Crippen LogP contribution in [-0.4, -0.2) is 18.4 Å². The number of carbonyl (C=O) groups excluding carboxylic acids is 1. The fraction of sp³-hybridized carbons (Fsp3) is 0.273. The minimum absolute atomic E-state index is 0.399. The molecule has 1 N–H and O–H groups in total. The molecule has 0 unspecified atom stereocenters. The molecule has 0 saturated heterocycles. The third-order valence-electron chi connectivity index (χ3n) is 4.27. The maximum absolute atomic E-state index is 11.9. The van der Waals surface area contributed by atoms with E-state index in [2.05, 4.69) is 11.4 Å². The largest absolute Gasteiger partial charge is 0.449 e. The summed E-state index contributed by atoms with van der Waals surface area (Å²) in [5.74, 6) is 0. The molecule has 140 valence electrons. The Bertz CT molecular complexity index is 857. The molecule has 0 spiro atoms. The van der Waals surface area contributed by atoms with Crippen LogP contribution in [-0.2, 0) is 4.74 Å². The molecule has 2 aromatic carbocycles. The van der Waals surface area contributed by atoms with Crippen LogP contribution in [0.25, 0.3) is 6.08 Å². The second-order valence-corrected chi connectivity index (χ2v) is 6.85. The van der Waals surface area contributed by atoms with E-state index in [-0.39, 0.29) is 0 Å². The first-order valence-corrected chi connectivity index (χ1v) is 9.60. The SMILES string of the molecule is CCCOC(=O)Nc1ccccc1N=C1CCC/C1=C\c1ccc(Cl)cc1. The number of benzene rings is 2. The summed E-state index contributed by atoms with van der Waals surface area (Å²) in [4.78, 5) is 16.7. The van der Waals surface area contributed by atoms with Crippen molar-refractivity contribution < 1.29 is 9.53 Å². The summed E-state index contributed by atoms with van der Waals surface area (Å²) in [7, 11) is 0. The lowest BCUT2D eigenvalue weighted by atomic mass is 10.1. The van der Waals surface area contributed by atoms with E-state index in [9.17, 15) is 4.79 Å². The van der Waals surface area contributed by atoms with Crippen LogP contribution in [0.3, 0.4) is 0 Å². The zero-order chi connectivity index (χ0) is 19.1. The third kappa shape index (κ3) is 5.44. The molecule has 1 amide bonds. The number of hydrogen-bond acceptors (Lipinski definition) is 3. The molecule has 1 saturated carbocycles. The summed E-state index contributed by atoms with van der Waals surface area (Å²) in [6.07, 6.45) is 5.49. The monoisotopic (exact) mass is 382 g/mol. The van der Waals surface area contributed by atoms with Gasteiger partial charge in [-0.1, -0.05) is 42.8 Å². The Balaban J connectivity index is 1.83. The van der Waals surface area contributed by atoms with Gasteiger partial charge in [0.1, 0.15) is 0 Å². The highest BCUT2D eigenvalue weighted by molar-refractivity contribution is 6.30. The van der Waals surface area contributed by atoms with Crippen LogP contribution in [0.4, 0.5) is 16.2 Å². The molecule has 1 aliphatic carbocycles. The molecule has 0 aromatic heterocycles. The molecule has 1 fully saturated rings. The second-order valence-electron chi connectivity index (χ2n) is 6.41. The normalized spacial score (nSPS) is 16.7. The Labute approximate surface area is 164 Å². The molecule has 1 aliphatic rings. The number of amides is 1. The first-order valence-electron chi connectivity index (χ1n) is 9.22. The van der Waals surface area contributed by atoms with E-state index in [0.717, 1.165) is 47.7 Å². The summed E-state index contributed by atoms with van der Waals surface area (Å²) in [5.41, 5.74) is 4.79. The van der Waals surface area contributed by atoms with Crippen LogP contribution in [0.2, 0.25) is 5.02 Å². The number of ether oxygens (including phenoxy) is 1. The van der Waals surface area contributed by atoms with Gasteiger partial charge in [-0.05, 0) is 67.2 Å². The first-order chi connectivity index (χ1) is 13.2. The number of para-hydroxylation sites is 2. The topological polar surface area (TPSA) is 50.7 Å². The first kappa shape index (κ1) is 19.2. The lowest BCUT2D eigenvalue weighted by Gasteiger charge is -2.09. The van der Waals surface area contributed by atoms with Crippen LogP contribution < -0.4 is 5.32 Å². The lowest BCUT2D eigenvalue weighted by molar-refractivity contribution is 0.161. The number of anilines is 1. The minimum atomic E-state index is -0.451. The molecule has 3 rings (SSSR count). The molecule has 0 radical (unpaired) electrons. The standard InChI is InChI=1S/C22H23ClN2O2/c1-2-14-27-22(26)25-21-8-4-3-7-20(21)24-19-9-5-6-17(19)15-16-10-12-18(23)13-11-16/h3-4,7-8,10-13,15H,2,5-6,9,14H2,1H3,(H,25,26)/b17-15+,24-19?.